The Labute approximate surface area is 160 Å². The van der Waals surface area contributed by atoms with Crippen LogP contribution in [0.4, 0.5) is 0 Å². The van der Waals surface area contributed by atoms with Gasteiger partial charge in [0.2, 0.25) is 0 Å². The van der Waals surface area contributed by atoms with Crippen LogP contribution in [-0.2, 0) is 8.40 Å². The van der Waals surface area contributed by atoms with Gasteiger partial charge in [-0.3, -0.25) is 9.69 Å². The maximum atomic E-state index is 11.3. The zero-order chi connectivity index (χ0) is 18.8. The van der Waals surface area contributed by atoms with Crippen LogP contribution in [0.5, 0.6) is 0 Å². The minimum Gasteiger partial charge on any atom is -0.481 e. The Morgan fingerprint density at radius 1 is 1.36 bits per heavy atom. The lowest BCUT2D eigenvalue weighted by molar-refractivity contribution is -0.145. The second kappa shape index (κ2) is 7.46. The lowest BCUT2D eigenvalue weighted by Crippen LogP contribution is -2.59. The van der Waals surface area contributed by atoms with Crippen LogP contribution in [0.1, 0.15) is 37.8 Å². The van der Waals surface area contributed by atoms with Crippen molar-refractivity contribution in [2.24, 2.45) is 16.8 Å². The van der Waals surface area contributed by atoms with Crippen molar-refractivity contribution in [2.75, 3.05) is 13.1 Å². The molecule has 0 aliphatic carbocycles. The quantitative estimate of drug-likeness (QED) is 0.133. The second-order valence-electron chi connectivity index (χ2n) is 6.87. The number of benzene rings is 1. The van der Waals surface area contributed by atoms with E-state index in [4.69, 9.17) is 10.9 Å². The van der Waals surface area contributed by atoms with Gasteiger partial charge in [-0.2, -0.15) is 0 Å². The van der Waals surface area contributed by atoms with Crippen molar-refractivity contribution in [3.63, 3.8) is 0 Å². The number of rotatable bonds is 5. The van der Waals surface area contributed by atoms with Crippen LogP contribution in [0.3, 0.4) is 0 Å². The van der Waals surface area contributed by atoms with Crippen molar-refractivity contribution in [2.45, 2.75) is 35.8 Å². The molecule has 1 fully saturated rings. The van der Waals surface area contributed by atoms with Gasteiger partial charge in [0.05, 0.1) is 11.5 Å². The van der Waals surface area contributed by atoms with Gasteiger partial charge in [0.25, 0.3) is 0 Å². The van der Waals surface area contributed by atoms with E-state index >= 15 is 0 Å². The van der Waals surface area contributed by atoms with Gasteiger partial charge in [0.1, 0.15) is 0 Å². The summed E-state index contributed by atoms with van der Waals surface area (Å²) in [4.78, 5) is 13.4. The number of amidine groups is 1. The number of carbonyl (C=O) groups is 1. The predicted molar refractivity (Wildman–Crippen MR) is 103 cm³/mol. The molecule has 1 aromatic carbocycles. The van der Waals surface area contributed by atoms with Gasteiger partial charge in [0, 0.05) is 12.1 Å². The van der Waals surface area contributed by atoms with Crippen LogP contribution in [0, 0.1) is 5.92 Å². The Balaban J connectivity index is 2.28. The number of piperidine rings is 1. The summed E-state index contributed by atoms with van der Waals surface area (Å²) in [6, 6.07) is 6.83. The van der Waals surface area contributed by atoms with Crippen LogP contribution < -0.4 is 5.73 Å². The van der Waals surface area contributed by atoms with Gasteiger partial charge >= 0.3 is 5.97 Å². The monoisotopic (exact) mass is 461 g/mol. The Morgan fingerprint density at radius 2 is 1.96 bits per heavy atom. The van der Waals surface area contributed by atoms with Crippen LogP contribution in [0.15, 0.2) is 29.4 Å². The van der Waals surface area contributed by atoms with E-state index in [1.165, 1.54) is 0 Å². The van der Waals surface area contributed by atoms with E-state index in [1.807, 2.05) is 41.3 Å². The van der Waals surface area contributed by atoms with Gasteiger partial charge in [-0.25, -0.2) is 0 Å². The average molecular weight is 461 g/mol. The molecule has 1 aliphatic rings. The van der Waals surface area contributed by atoms with Crippen molar-refractivity contribution in [3.8, 4) is 0 Å². The minimum absolute atomic E-state index is 0.00291. The number of nitrogens with zero attached hydrogens (tertiary/aromatic N) is 2. The molecular formula is C17H24IN3O4. The second-order valence-corrected chi connectivity index (χ2v) is 8.43. The van der Waals surface area contributed by atoms with Crippen molar-refractivity contribution >= 4 is 34.4 Å². The smallest absolute Gasteiger partial charge is 0.307 e. The normalized spacial score (nSPS) is 22.4. The van der Waals surface area contributed by atoms with E-state index in [9.17, 15) is 15.0 Å². The summed E-state index contributed by atoms with van der Waals surface area (Å²) in [6.07, 6.45) is 1.45. The first-order valence-electron chi connectivity index (χ1n) is 8.09. The van der Waals surface area contributed by atoms with E-state index in [-0.39, 0.29) is 5.84 Å². The molecule has 0 aromatic heterocycles. The van der Waals surface area contributed by atoms with Crippen molar-refractivity contribution in [1.82, 2.24) is 4.90 Å². The molecule has 0 saturated carbocycles. The molecule has 2 rings (SSSR count). The lowest BCUT2D eigenvalue weighted by atomic mass is 9.85. The van der Waals surface area contributed by atoms with Crippen LogP contribution in [-0.4, -0.2) is 50.8 Å². The molecule has 138 valence electrons. The Kier molecular flexibility index (Phi) is 5.95. The molecule has 0 amide bonds. The molecular weight excluding hydrogens is 437 g/mol. The Morgan fingerprint density at radius 3 is 2.48 bits per heavy atom. The first kappa shape index (κ1) is 19.9. The van der Waals surface area contributed by atoms with E-state index in [1.54, 1.807) is 24.3 Å². The lowest BCUT2D eigenvalue weighted by Gasteiger charge is -2.49. The van der Waals surface area contributed by atoms with E-state index in [2.05, 4.69) is 5.16 Å². The zero-order valence-electron chi connectivity index (χ0n) is 14.3. The van der Waals surface area contributed by atoms with Gasteiger partial charge < -0.3 is 21.2 Å². The zero-order valence-corrected chi connectivity index (χ0v) is 16.5. The first-order chi connectivity index (χ1) is 11.6. The number of oxime groups is 1. The Hall–Kier alpha value is -1.39. The fourth-order valence-electron chi connectivity index (χ4n) is 3.17. The SMILES string of the molecule is CC(C)(N1CCCC(C(=O)O)C1)C(O)(I)c1ccc(C(N)=NO)cc1. The van der Waals surface area contributed by atoms with Gasteiger partial charge in [0.15, 0.2) is 9.44 Å². The van der Waals surface area contributed by atoms with E-state index in [0.717, 1.165) is 13.0 Å². The molecule has 1 aliphatic heterocycles. The van der Waals surface area contributed by atoms with E-state index in [0.29, 0.717) is 24.1 Å². The number of carboxylic acid groups (broad SMARTS) is 1. The number of alkyl halides is 1. The van der Waals surface area contributed by atoms with Gasteiger partial charge in [-0.15, -0.1) is 0 Å². The standard InChI is InChI=1S/C17H24IN3O4/c1-16(2,21-9-3-4-12(10-21)15(22)23)17(18,24)13-7-5-11(6-8-13)14(19)20-25/h5-8,12,24-25H,3-4,9-10H2,1-2H3,(H2,19,20)(H,22,23). The van der Waals surface area contributed by atoms with Gasteiger partial charge in [-0.05, 0) is 61.4 Å². The highest BCUT2D eigenvalue weighted by molar-refractivity contribution is 14.1. The molecule has 0 bridgehead atoms. The fraction of sp³-hybridized carbons (Fsp3) is 0.529. The summed E-state index contributed by atoms with van der Waals surface area (Å²) in [5.41, 5.74) is 6.12. The van der Waals surface area contributed by atoms with E-state index < -0.39 is 21.0 Å². The Bertz CT molecular complexity index is 658. The topological polar surface area (TPSA) is 119 Å². The number of hydrogen-bond donors (Lipinski definition) is 4. The molecule has 1 heterocycles. The maximum absolute atomic E-state index is 11.3. The molecule has 25 heavy (non-hydrogen) atoms. The predicted octanol–water partition coefficient (Wildman–Crippen LogP) is 1.94. The number of halogens is 1. The van der Waals surface area contributed by atoms with Crippen LogP contribution in [0.2, 0.25) is 0 Å². The highest BCUT2D eigenvalue weighted by atomic mass is 127. The summed E-state index contributed by atoms with van der Waals surface area (Å²) >= 11 is 2.01. The number of hydrogen-bond acceptors (Lipinski definition) is 5. The van der Waals surface area contributed by atoms with Crippen molar-refractivity contribution in [1.29, 1.82) is 0 Å². The summed E-state index contributed by atoms with van der Waals surface area (Å²) in [7, 11) is 0. The summed E-state index contributed by atoms with van der Waals surface area (Å²) in [6.45, 7) is 4.99. The van der Waals surface area contributed by atoms with Crippen molar-refractivity contribution in [3.05, 3.63) is 35.4 Å². The molecule has 1 saturated heterocycles. The maximum Gasteiger partial charge on any atom is 0.307 e. The molecule has 5 N–H and O–H groups in total. The minimum atomic E-state index is -1.24. The molecule has 0 spiro atoms. The largest absolute Gasteiger partial charge is 0.481 e. The molecule has 2 unspecified atom stereocenters. The number of aliphatic hydroxyl groups is 1. The molecule has 8 heteroatoms. The highest BCUT2D eigenvalue weighted by Crippen LogP contribution is 2.44. The number of nitrogens with two attached hydrogens (primary N) is 1. The molecule has 1 aromatic rings. The average Bonchev–Trinajstić information content (AvgIpc) is 2.61. The molecule has 0 radical (unpaired) electrons. The summed E-state index contributed by atoms with van der Waals surface area (Å²) in [5.74, 6) is -1.20. The van der Waals surface area contributed by atoms with Crippen LogP contribution >= 0.6 is 22.6 Å². The van der Waals surface area contributed by atoms with Crippen LogP contribution in [0.25, 0.3) is 0 Å². The number of likely N-dealkylation sites (tertiary alicyclic amines) is 1. The third-order valence-electron chi connectivity index (χ3n) is 5.04. The third-order valence-corrected chi connectivity index (χ3v) is 6.99. The summed E-state index contributed by atoms with van der Waals surface area (Å²) < 4.78 is -1.24. The van der Waals surface area contributed by atoms with Gasteiger partial charge in [-0.1, -0.05) is 29.4 Å². The molecule has 7 nitrogen and oxygen atoms in total. The third kappa shape index (κ3) is 3.90. The first-order valence-corrected chi connectivity index (χ1v) is 9.16. The molecule has 2 atom stereocenters. The number of aliphatic carboxylic acids is 1. The number of carboxylic acids is 1. The fourth-order valence-corrected chi connectivity index (χ4v) is 3.87. The highest BCUT2D eigenvalue weighted by Gasteiger charge is 2.48. The summed E-state index contributed by atoms with van der Waals surface area (Å²) in [5, 5.41) is 32.3. The van der Waals surface area contributed by atoms with Crippen molar-refractivity contribution < 1.29 is 20.2 Å².